The fourth-order valence-corrected chi connectivity index (χ4v) is 8.09. The maximum Gasteiger partial charge on any atom is 0.472 e. The number of carbonyl (C=O) groups is 1. The van der Waals surface area contributed by atoms with E-state index in [2.05, 4.69) is 31.3 Å². The van der Waals surface area contributed by atoms with Crippen molar-refractivity contribution in [3.05, 3.63) is 24.3 Å². The zero-order chi connectivity index (χ0) is 41.8. The average Bonchev–Trinajstić information content (AvgIpc) is 3.20. The number of hydrogen-bond acceptors (Lipinski definition) is 6. The summed E-state index contributed by atoms with van der Waals surface area (Å²) in [6, 6.07) is -0.873. The molecular weight excluding hydrogens is 732 g/mol. The van der Waals surface area contributed by atoms with E-state index in [1.807, 2.05) is 6.08 Å². The van der Waals surface area contributed by atoms with Gasteiger partial charge in [-0.1, -0.05) is 231 Å². The van der Waals surface area contributed by atoms with E-state index >= 15 is 0 Å². The Hall–Kier alpha value is -1.02. The van der Waals surface area contributed by atoms with Crippen molar-refractivity contribution in [3.63, 3.8) is 0 Å². The molecule has 0 fully saturated rings. The summed E-state index contributed by atoms with van der Waals surface area (Å²) in [5.41, 5.74) is 5.38. The van der Waals surface area contributed by atoms with Crippen LogP contribution in [0.25, 0.3) is 0 Å². The number of carbonyl (C=O) groups excluding carboxylic acids is 1. The highest BCUT2D eigenvalue weighted by Crippen LogP contribution is 2.43. The van der Waals surface area contributed by atoms with Crippen LogP contribution < -0.4 is 11.1 Å². The molecule has 1 amide bonds. The van der Waals surface area contributed by atoms with E-state index in [1.165, 1.54) is 186 Å². The van der Waals surface area contributed by atoms with Gasteiger partial charge in [0.25, 0.3) is 0 Å². The Morgan fingerprint density at radius 1 is 0.561 bits per heavy atom. The van der Waals surface area contributed by atoms with Gasteiger partial charge in [0.05, 0.1) is 25.4 Å². The molecular formula is C48H95N2O6P. The topological polar surface area (TPSA) is 131 Å². The molecule has 0 saturated heterocycles. The summed E-state index contributed by atoms with van der Waals surface area (Å²) in [6.07, 6.45) is 52.4. The lowest BCUT2D eigenvalue weighted by Crippen LogP contribution is -2.45. The number of unbranched alkanes of at least 4 members (excludes halogenated alkanes) is 32. The number of nitrogens with one attached hydrogen (secondary N) is 1. The Balaban J connectivity index is 4.11. The number of phosphoric acid groups is 1. The van der Waals surface area contributed by atoms with Crippen molar-refractivity contribution in [2.24, 2.45) is 5.73 Å². The van der Waals surface area contributed by atoms with Crippen LogP contribution in [-0.2, 0) is 18.4 Å². The van der Waals surface area contributed by atoms with Gasteiger partial charge < -0.3 is 21.1 Å². The first-order chi connectivity index (χ1) is 27.9. The Morgan fingerprint density at radius 2 is 0.930 bits per heavy atom. The standard InChI is InChI=1S/C48H95N2O6P/c1-3-5-7-9-11-13-15-17-19-21-22-23-24-25-26-28-30-32-34-36-38-40-42-48(52)50-46(45-56-57(53,54)55-44-43-49)47(51)41-39-37-35-33-31-29-27-20-18-16-14-12-10-8-6-4-2/h31,33,39,41,46-47,51H,3-30,32,34-38,40,42-45,49H2,1-2H3,(H,50,52)(H,53,54)/b33-31+,41-39+. The molecule has 0 radical (unpaired) electrons. The normalized spacial score (nSPS) is 14.1. The van der Waals surface area contributed by atoms with Crippen LogP contribution in [0.4, 0.5) is 0 Å². The van der Waals surface area contributed by atoms with Gasteiger partial charge in [-0.25, -0.2) is 4.57 Å². The third kappa shape index (κ3) is 42.9. The minimum Gasteiger partial charge on any atom is -0.387 e. The van der Waals surface area contributed by atoms with Crippen molar-refractivity contribution in [1.82, 2.24) is 5.32 Å². The number of rotatable bonds is 46. The van der Waals surface area contributed by atoms with Gasteiger partial charge in [-0.05, 0) is 32.1 Å². The summed E-state index contributed by atoms with van der Waals surface area (Å²) in [4.78, 5) is 22.8. The van der Waals surface area contributed by atoms with Gasteiger partial charge in [-0.15, -0.1) is 0 Å². The SMILES string of the molecule is CCCCCCCCCCCC/C=C/CC/C=C/C(O)C(COP(=O)(O)OCCN)NC(=O)CCCCCCCCCCCCCCCCCCCCCCCC. The van der Waals surface area contributed by atoms with Crippen LogP contribution in [0.5, 0.6) is 0 Å². The second kappa shape index (κ2) is 44.5. The maximum atomic E-state index is 12.8. The number of amides is 1. The predicted molar refractivity (Wildman–Crippen MR) is 245 cm³/mol. The Bertz CT molecular complexity index is 948. The predicted octanol–water partition coefficient (Wildman–Crippen LogP) is 14.1. The molecule has 0 rings (SSSR count). The zero-order valence-corrected chi connectivity index (χ0v) is 38.5. The second-order valence-electron chi connectivity index (χ2n) is 16.7. The Morgan fingerprint density at radius 3 is 1.35 bits per heavy atom. The molecule has 5 N–H and O–H groups in total. The van der Waals surface area contributed by atoms with E-state index < -0.39 is 20.0 Å². The van der Waals surface area contributed by atoms with Crippen LogP contribution >= 0.6 is 7.82 Å². The third-order valence-electron chi connectivity index (χ3n) is 11.0. The molecule has 0 aliphatic rings. The van der Waals surface area contributed by atoms with Crippen LogP contribution in [0, 0.1) is 0 Å². The molecule has 0 heterocycles. The number of aliphatic hydroxyl groups excluding tert-OH is 1. The average molecular weight is 827 g/mol. The fraction of sp³-hybridized carbons (Fsp3) is 0.896. The third-order valence-corrected chi connectivity index (χ3v) is 12.0. The van der Waals surface area contributed by atoms with E-state index in [0.29, 0.717) is 6.42 Å². The first-order valence-electron chi connectivity index (χ1n) is 24.5. The zero-order valence-electron chi connectivity index (χ0n) is 37.6. The number of nitrogens with two attached hydrogens (primary N) is 1. The van der Waals surface area contributed by atoms with Gasteiger partial charge in [0.15, 0.2) is 0 Å². The first-order valence-corrected chi connectivity index (χ1v) is 26.0. The molecule has 8 nitrogen and oxygen atoms in total. The lowest BCUT2D eigenvalue weighted by molar-refractivity contribution is -0.123. The quantitative estimate of drug-likeness (QED) is 0.0273. The highest BCUT2D eigenvalue weighted by atomic mass is 31.2. The van der Waals surface area contributed by atoms with Gasteiger partial charge in [0.1, 0.15) is 0 Å². The number of aliphatic hydroxyl groups is 1. The molecule has 0 aliphatic heterocycles. The molecule has 0 aliphatic carbocycles. The van der Waals surface area contributed by atoms with Gasteiger partial charge in [0, 0.05) is 13.0 Å². The van der Waals surface area contributed by atoms with Crippen LogP contribution in [-0.4, -0.2) is 47.8 Å². The van der Waals surface area contributed by atoms with E-state index in [1.54, 1.807) is 6.08 Å². The summed E-state index contributed by atoms with van der Waals surface area (Å²) in [6.45, 7) is 4.14. The second-order valence-corrected chi connectivity index (χ2v) is 18.1. The molecule has 0 aromatic heterocycles. The minimum absolute atomic E-state index is 0.0761. The lowest BCUT2D eigenvalue weighted by Gasteiger charge is -2.23. The molecule has 0 saturated carbocycles. The summed E-state index contributed by atoms with van der Waals surface area (Å²) < 4.78 is 22.2. The minimum atomic E-state index is -4.35. The van der Waals surface area contributed by atoms with Crippen LogP contribution in [0.1, 0.15) is 245 Å². The summed E-state index contributed by atoms with van der Waals surface area (Å²) >= 11 is 0. The highest BCUT2D eigenvalue weighted by molar-refractivity contribution is 7.47. The van der Waals surface area contributed by atoms with E-state index in [0.717, 1.165) is 38.5 Å². The molecule has 0 aromatic carbocycles. The number of hydrogen-bond donors (Lipinski definition) is 4. The van der Waals surface area contributed by atoms with Crippen molar-refractivity contribution in [2.75, 3.05) is 19.8 Å². The fourth-order valence-electron chi connectivity index (χ4n) is 7.33. The molecule has 0 aromatic rings. The Labute approximate surface area is 353 Å². The molecule has 338 valence electrons. The molecule has 0 spiro atoms. The van der Waals surface area contributed by atoms with Crippen LogP contribution in [0.3, 0.4) is 0 Å². The van der Waals surface area contributed by atoms with Crippen molar-refractivity contribution in [2.45, 2.75) is 257 Å². The van der Waals surface area contributed by atoms with E-state index in [4.69, 9.17) is 14.8 Å². The smallest absolute Gasteiger partial charge is 0.387 e. The van der Waals surface area contributed by atoms with Gasteiger partial charge >= 0.3 is 7.82 Å². The van der Waals surface area contributed by atoms with E-state index in [9.17, 15) is 19.4 Å². The molecule has 0 bridgehead atoms. The number of phosphoric ester groups is 1. The molecule has 3 atom stereocenters. The lowest BCUT2D eigenvalue weighted by atomic mass is 10.0. The van der Waals surface area contributed by atoms with Crippen molar-refractivity contribution in [3.8, 4) is 0 Å². The molecule has 57 heavy (non-hydrogen) atoms. The maximum absolute atomic E-state index is 12.8. The monoisotopic (exact) mass is 827 g/mol. The van der Waals surface area contributed by atoms with E-state index in [-0.39, 0.29) is 25.7 Å². The van der Waals surface area contributed by atoms with Crippen molar-refractivity contribution >= 4 is 13.7 Å². The molecule has 3 unspecified atom stereocenters. The molecule has 9 heteroatoms. The summed E-state index contributed by atoms with van der Waals surface area (Å²) in [5.74, 6) is -0.199. The Kier molecular flexibility index (Phi) is 43.7. The van der Waals surface area contributed by atoms with Crippen LogP contribution in [0.2, 0.25) is 0 Å². The summed E-state index contributed by atoms with van der Waals surface area (Å²) in [5, 5.41) is 13.7. The largest absolute Gasteiger partial charge is 0.472 e. The van der Waals surface area contributed by atoms with Crippen LogP contribution in [0.15, 0.2) is 24.3 Å². The first kappa shape index (κ1) is 56.0. The highest BCUT2D eigenvalue weighted by Gasteiger charge is 2.26. The van der Waals surface area contributed by atoms with Gasteiger partial charge in [-0.3, -0.25) is 13.8 Å². The van der Waals surface area contributed by atoms with Crippen molar-refractivity contribution in [1.29, 1.82) is 0 Å². The summed E-state index contributed by atoms with van der Waals surface area (Å²) in [7, 11) is -4.35. The van der Waals surface area contributed by atoms with Crippen molar-refractivity contribution < 1.29 is 28.4 Å². The van der Waals surface area contributed by atoms with Gasteiger partial charge in [0.2, 0.25) is 5.91 Å². The van der Waals surface area contributed by atoms with Gasteiger partial charge in [-0.2, -0.15) is 0 Å². The number of allylic oxidation sites excluding steroid dienone is 3.